The zero-order valence-electron chi connectivity index (χ0n) is 20.7. The van der Waals surface area contributed by atoms with E-state index in [2.05, 4.69) is 10.6 Å². The summed E-state index contributed by atoms with van der Waals surface area (Å²) in [4.78, 5) is 64.9. The van der Waals surface area contributed by atoms with Crippen LogP contribution in [0.15, 0.2) is 18.2 Å². The first-order valence-electron chi connectivity index (χ1n) is 12.8. The molecule has 194 valence electrons. The highest BCUT2D eigenvalue weighted by molar-refractivity contribution is 6.25. The lowest BCUT2D eigenvalue weighted by atomic mass is 10.0. The molecule has 3 aliphatic heterocycles. The molecule has 4 rings (SSSR count). The van der Waals surface area contributed by atoms with Crippen LogP contribution in [0.3, 0.4) is 0 Å². The highest BCUT2D eigenvalue weighted by Crippen LogP contribution is 2.32. The molecule has 3 aliphatic rings. The number of nitrogens with one attached hydrogen (secondary N) is 2. The molecule has 2 N–H and O–H groups in total. The fraction of sp³-hybridized carbons (Fsp3) is 0.577. The third-order valence-electron chi connectivity index (χ3n) is 7.18. The smallest absolute Gasteiger partial charge is 0.264 e. The number of piperidine rings is 1. The van der Waals surface area contributed by atoms with Crippen LogP contribution < -0.4 is 10.6 Å². The summed E-state index contributed by atoms with van der Waals surface area (Å²) in [5, 5.41) is 5.48. The Morgan fingerprint density at radius 3 is 2.58 bits per heavy atom. The van der Waals surface area contributed by atoms with Gasteiger partial charge in [0.1, 0.15) is 6.04 Å². The van der Waals surface area contributed by atoms with Gasteiger partial charge in [0.15, 0.2) is 0 Å². The van der Waals surface area contributed by atoms with E-state index < -0.39 is 29.7 Å². The van der Waals surface area contributed by atoms with E-state index in [1.165, 1.54) is 0 Å². The third kappa shape index (κ3) is 5.59. The standard InChI is InChI=1S/C26H34N4O6/c1-36-17-13-15-29(16-17)22(32)10-5-3-2-4-6-14-27-19-9-7-8-18-23(19)26(35)30(25(18)34)20-11-12-21(31)28-24(20)33/h7-9,17,20,27H,2-6,10-16H2,1H3,(H,28,31,33)/t17-,20?/m0/s1. The number of nitrogens with zero attached hydrogens (tertiary/aromatic N) is 2. The summed E-state index contributed by atoms with van der Waals surface area (Å²) in [7, 11) is 1.69. The summed E-state index contributed by atoms with van der Waals surface area (Å²) in [5.74, 6) is -1.81. The Balaban J connectivity index is 1.19. The second-order valence-corrected chi connectivity index (χ2v) is 9.61. The van der Waals surface area contributed by atoms with Crippen LogP contribution in [-0.2, 0) is 19.1 Å². The molecule has 0 aliphatic carbocycles. The molecule has 0 aromatic heterocycles. The van der Waals surface area contributed by atoms with E-state index in [9.17, 15) is 24.0 Å². The van der Waals surface area contributed by atoms with Crippen LogP contribution in [0.4, 0.5) is 5.69 Å². The number of anilines is 1. The maximum absolute atomic E-state index is 13.1. The lowest BCUT2D eigenvalue weighted by Crippen LogP contribution is -2.54. The van der Waals surface area contributed by atoms with Crippen LogP contribution in [-0.4, -0.2) is 78.2 Å². The van der Waals surface area contributed by atoms with Gasteiger partial charge < -0.3 is 15.0 Å². The molecule has 0 radical (unpaired) electrons. The lowest BCUT2D eigenvalue weighted by Gasteiger charge is -2.27. The van der Waals surface area contributed by atoms with Crippen molar-refractivity contribution in [1.82, 2.24) is 15.1 Å². The average molecular weight is 499 g/mol. The van der Waals surface area contributed by atoms with E-state index in [1.54, 1.807) is 25.3 Å². The van der Waals surface area contributed by atoms with Crippen molar-refractivity contribution in [2.45, 2.75) is 69.9 Å². The number of likely N-dealkylation sites (tertiary alicyclic amines) is 1. The summed E-state index contributed by atoms with van der Waals surface area (Å²) in [6.07, 6.45) is 6.63. The molecular formula is C26H34N4O6. The number of methoxy groups -OCH3 is 1. The Morgan fingerprint density at radius 2 is 1.83 bits per heavy atom. The molecule has 3 heterocycles. The number of unbranched alkanes of at least 4 members (excludes halogenated alkanes) is 4. The normalized spacial score (nSPS) is 21.7. The van der Waals surface area contributed by atoms with E-state index >= 15 is 0 Å². The SMILES string of the molecule is CO[C@H]1CCN(C(=O)CCCCCCCNc2cccc3c2C(=O)N(C2CCC(=O)NC2=O)C3=O)C1. The minimum atomic E-state index is -0.971. The number of carbonyl (C=O) groups is 5. The minimum Gasteiger partial charge on any atom is -0.384 e. The Labute approximate surface area is 210 Å². The predicted octanol–water partition coefficient (Wildman–Crippen LogP) is 2.09. The molecular weight excluding hydrogens is 464 g/mol. The first-order valence-corrected chi connectivity index (χ1v) is 12.8. The molecule has 1 unspecified atom stereocenters. The van der Waals surface area contributed by atoms with E-state index in [4.69, 9.17) is 4.74 Å². The predicted molar refractivity (Wildman–Crippen MR) is 131 cm³/mol. The van der Waals surface area contributed by atoms with E-state index in [0.29, 0.717) is 25.2 Å². The van der Waals surface area contributed by atoms with Crippen LogP contribution in [0, 0.1) is 0 Å². The Hall–Kier alpha value is -3.27. The Morgan fingerprint density at radius 1 is 1.06 bits per heavy atom. The van der Waals surface area contributed by atoms with Gasteiger partial charge in [0.2, 0.25) is 17.7 Å². The second-order valence-electron chi connectivity index (χ2n) is 9.61. The molecule has 10 heteroatoms. The Kier molecular flexibility index (Phi) is 8.35. The van der Waals surface area contributed by atoms with Gasteiger partial charge in [0, 0.05) is 45.3 Å². The van der Waals surface area contributed by atoms with Crippen molar-refractivity contribution in [3.63, 3.8) is 0 Å². The van der Waals surface area contributed by atoms with Crippen molar-refractivity contribution >= 4 is 35.2 Å². The first-order chi connectivity index (χ1) is 17.4. The highest BCUT2D eigenvalue weighted by Gasteiger charge is 2.45. The summed E-state index contributed by atoms with van der Waals surface area (Å²) in [5.41, 5.74) is 1.13. The van der Waals surface area contributed by atoms with Crippen LogP contribution in [0.2, 0.25) is 0 Å². The van der Waals surface area contributed by atoms with Crippen molar-refractivity contribution in [2.75, 3.05) is 32.1 Å². The van der Waals surface area contributed by atoms with E-state index in [0.717, 1.165) is 50.0 Å². The largest absolute Gasteiger partial charge is 0.384 e. The van der Waals surface area contributed by atoms with Crippen LogP contribution in [0.1, 0.15) is 78.5 Å². The van der Waals surface area contributed by atoms with Crippen molar-refractivity contribution in [3.05, 3.63) is 29.3 Å². The van der Waals surface area contributed by atoms with Gasteiger partial charge in [0.25, 0.3) is 11.8 Å². The molecule has 36 heavy (non-hydrogen) atoms. The Bertz CT molecular complexity index is 1040. The van der Waals surface area contributed by atoms with Crippen molar-refractivity contribution < 1.29 is 28.7 Å². The summed E-state index contributed by atoms with van der Waals surface area (Å²) >= 11 is 0. The number of ether oxygens (including phenoxy) is 1. The van der Waals surface area contributed by atoms with Crippen LogP contribution in [0.25, 0.3) is 0 Å². The molecule has 0 bridgehead atoms. The second kappa shape index (κ2) is 11.6. The number of imide groups is 2. The molecule has 1 aromatic rings. The minimum absolute atomic E-state index is 0.0929. The maximum atomic E-state index is 13.1. The van der Waals surface area contributed by atoms with Crippen LogP contribution in [0.5, 0.6) is 0 Å². The number of amides is 5. The first kappa shape index (κ1) is 25.8. The van der Waals surface area contributed by atoms with Crippen molar-refractivity contribution in [3.8, 4) is 0 Å². The molecule has 1 aromatic carbocycles. The van der Waals surface area contributed by atoms with Gasteiger partial charge in [-0.1, -0.05) is 25.3 Å². The zero-order chi connectivity index (χ0) is 25.7. The van der Waals surface area contributed by atoms with Gasteiger partial charge in [-0.25, -0.2) is 0 Å². The summed E-state index contributed by atoms with van der Waals surface area (Å²) in [6.45, 7) is 2.12. The van der Waals surface area contributed by atoms with Gasteiger partial charge in [0.05, 0.1) is 17.2 Å². The van der Waals surface area contributed by atoms with Gasteiger partial charge in [-0.2, -0.15) is 0 Å². The van der Waals surface area contributed by atoms with Crippen molar-refractivity contribution in [1.29, 1.82) is 0 Å². The molecule has 10 nitrogen and oxygen atoms in total. The number of carbonyl (C=O) groups excluding carboxylic acids is 5. The number of rotatable bonds is 11. The fourth-order valence-electron chi connectivity index (χ4n) is 5.12. The molecule has 2 saturated heterocycles. The number of hydrogen-bond acceptors (Lipinski definition) is 7. The van der Waals surface area contributed by atoms with Gasteiger partial charge in [-0.05, 0) is 37.8 Å². The molecule has 0 spiro atoms. The summed E-state index contributed by atoms with van der Waals surface area (Å²) < 4.78 is 5.32. The highest BCUT2D eigenvalue weighted by atomic mass is 16.5. The van der Waals surface area contributed by atoms with Gasteiger partial charge in [-0.15, -0.1) is 0 Å². The van der Waals surface area contributed by atoms with Crippen molar-refractivity contribution in [2.24, 2.45) is 0 Å². The molecule has 0 saturated carbocycles. The zero-order valence-corrected chi connectivity index (χ0v) is 20.7. The summed E-state index contributed by atoms with van der Waals surface area (Å²) in [6, 6.07) is 4.09. The average Bonchev–Trinajstić information content (AvgIpc) is 3.45. The molecule has 2 fully saturated rings. The van der Waals surface area contributed by atoms with E-state index in [-0.39, 0.29) is 36.0 Å². The topological polar surface area (TPSA) is 125 Å². The maximum Gasteiger partial charge on any atom is 0.264 e. The van der Waals surface area contributed by atoms with Gasteiger partial charge >= 0.3 is 0 Å². The van der Waals surface area contributed by atoms with Crippen LogP contribution >= 0.6 is 0 Å². The molecule has 5 amide bonds. The fourth-order valence-corrected chi connectivity index (χ4v) is 5.12. The third-order valence-corrected chi connectivity index (χ3v) is 7.18. The molecule has 2 atom stereocenters. The quantitative estimate of drug-likeness (QED) is 0.353. The lowest BCUT2D eigenvalue weighted by molar-refractivity contribution is -0.136. The number of fused-ring (bicyclic) bond motifs is 1. The monoisotopic (exact) mass is 498 g/mol. The van der Waals surface area contributed by atoms with Gasteiger partial charge in [-0.3, -0.25) is 34.2 Å². The van der Waals surface area contributed by atoms with E-state index in [1.807, 2.05) is 4.90 Å². The number of hydrogen-bond donors (Lipinski definition) is 2. The number of benzene rings is 1.